The highest BCUT2D eigenvalue weighted by Crippen LogP contribution is 2.41. The van der Waals surface area contributed by atoms with Gasteiger partial charge in [0, 0.05) is 37.8 Å². The number of benzene rings is 1. The molecule has 0 unspecified atom stereocenters. The molecular formula is C19H23N3O2. The number of amides is 1. The number of hydrogen-bond donors (Lipinski definition) is 0. The minimum atomic E-state index is -0.191. The maximum Gasteiger partial charge on any atom is 0.253 e. The third-order valence-electron chi connectivity index (χ3n) is 5.25. The van der Waals surface area contributed by atoms with Crippen molar-refractivity contribution in [3.63, 3.8) is 0 Å². The molecule has 2 fully saturated rings. The van der Waals surface area contributed by atoms with Gasteiger partial charge in [0.1, 0.15) is 0 Å². The van der Waals surface area contributed by atoms with Crippen LogP contribution in [-0.2, 0) is 11.8 Å². The van der Waals surface area contributed by atoms with E-state index in [4.69, 9.17) is 4.74 Å². The van der Waals surface area contributed by atoms with E-state index < -0.39 is 0 Å². The van der Waals surface area contributed by atoms with Crippen molar-refractivity contribution < 1.29 is 9.53 Å². The fourth-order valence-electron chi connectivity index (χ4n) is 4.03. The Kier molecular flexibility index (Phi) is 3.88. The highest BCUT2D eigenvalue weighted by atomic mass is 16.5. The molecule has 0 saturated carbocycles. The van der Waals surface area contributed by atoms with Gasteiger partial charge in [0.15, 0.2) is 0 Å². The maximum absolute atomic E-state index is 12.8. The summed E-state index contributed by atoms with van der Waals surface area (Å²) in [6.45, 7) is 2.23. The minimum Gasteiger partial charge on any atom is -0.372 e. The molecule has 1 amide bonds. The number of piperidine rings is 1. The Balaban J connectivity index is 1.48. The molecule has 5 heteroatoms. The second kappa shape index (κ2) is 6.06. The van der Waals surface area contributed by atoms with Gasteiger partial charge in [0.25, 0.3) is 5.91 Å². The number of likely N-dealkylation sites (tertiary alicyclic amines) is 1. The zero-order chi connectivity index (χ0) is 16.6. The van der Waals surface area contributed by atoms with Crippen LogP contribution in [0.4, 0.5) is 0 Å². The Morgan fingerprint density at radius 2 is 2.17 bits per heavy atom. The van der Waals surface area contributed by atoms with Gasteiger partial charge < -0.3 is 9.64 Å². The van der Waals surface area contributed by atoms with E-state index in [9.17, 15) is 4.79 Å². The standard InChI is InChI=1S/C19H23N3O2/c1-21-12-17(11-20-21)16-10-19(24-13-16)8-5-9-22(14-19)18(23)15-6-3-2-4-7-15/h2-4,6-7,11-12,16H,5,8-10,13-14H2,1H3/t16-,19+/m0/s1. The van der Waals surface area contributed by atoms with Crippen molar-refractivity contribution in [1.29, 1.82) is 0 Å². The molecule has 1 aromatic heterocycles. The Morgan fingerprint density at radius 1 is 1.33 bits per heavy atom. The summed E-state index contributed by atoms with van der Waals surface area (Å²) in [5.74, 6) is 0.494. The van der Waals surface area contributed by atoms with Gasteiger partial charge >= 0.3 is 0 Å². The van der Waals surface area contributed by atoms with Gasteiger partial charge in [-0.15, -0.1) is 0 Å². The van der Waals surface area contributed by atoms with Crippen LogP contribution < -0.4 is 0 Å². The van der Waals surface area contributed by atoms with Crippen molar-refractivity contribution in [2.24, 2.45) is 7.05 Å². The minimum absolute atomic E-state index is 0.114. The predicted octanol–water partition coefficient (Wildman–Crippen LogP) is 2.60. The van der Waals surface area contributed by atoms with Crippen molar-refractivity contribution in [1.82, 2.24) is 14.7 Å². The quantitative estimate of drug-likeness (QED) is 0.853. The fraction of sp³-hybridized carbons (Fsp3) is 0.474. The first-order valence-corrected chi connectivity index (χ1v) is 8.62. The second-order valence-electron chi connectivity index (χ2n) is 7.04. The van der Waals surface area contributed by atoms with Crippen LogP contribution in [0.5, 0.6) is 0 Å². The van der Waals surface area contributed by atoms with E-state index in [2.05, 4.69) is 11.3 Å². The van der Waals surface area contributed by atoms with Crippen LogP contribution in [0, 0.1) is 0 Å². The van der Waals surface area contributed by atoms with Gasteiger partial charge in [0.05, 0.1) is 18.4 Å². The molecule has 0 aliphatic carbocycles. The molecule has 0 N–H and O–H groups in total. The van der Waals surface area contributed by atoms with Gasteiger partial charge in [0.2, 0.25) is 0 Å². The van der Waals surface area contributed by atoms with E-state index in [1.807, 2.05) is 53.2 Å². The summed E-state index contributed by atoms with van der Waals surface area (Å²) in [5.41, 5.74) is 1.81. The van der Waals surface area contributed by atoms with Crippen molar-refractivity contribution in [3.8, 4) is 0 Å². The third-order valence-corrected chi connectivity index (χ3v) is 5.25. The molecule has 2 aliphatic heterocycles. The van der Waals surface area contributed by atoms with Crippen LogP contribution in [0.3, 0.4) is 0 Å². The molecule has 2 saturated heterocycles. The number of hydrogen-bond acceptors (Lipinski definition) is 3. The summed E-state index contributed by atoms with van der Waals surface area (Å²) in [4.78, 5) is 14.7. The van der Waals surface area contributed by atoms with Crippen LogP contribution >= 0.6 is 0 Å². The lowest BCUT2D eigenvalue weighted by Gasteiger charge is -2.39. The number of aryl methyl sites for hydroxylation is 1. The van der Waals surface area contributed by atoms with Crippen LogP contribution in [0.15, 0.2) is 42.7 Å². The van der Waals surface area contributed by atoms with Crippen molar-refractivity contribution in [2.75, 3.05) is 19.7 Å². The average Bonchev–Trinajstić information content (AvgIpc) is 3.22. The Morgan fingerprint density at radius 3 is 2.92 bits per heavy atom. The maximum atomic E-state index is 12.8. The SMILES string of the molecule is Cn1cc([C@@H]2CO[C@]3(CCCN(C(=O)c4ccccc4)C3)C2)cn1. The van der Waals surface area contributed by atoms with Gasteiger partial charge in [-0.05, 0) is 37.0 Å². The Labute approximate surface area is 142 Å². The van der Waals surface area contributed by atoms with Gasteiger partial charge in [-0.1, -0.05) is 18.2 Å². The number of aromatic nitrogens is 2. The molecular weight excluding hydrogens is 302 g/mol. The van der Waals surface area contributed by atoms with Crippen LogP contribution in [0.1, 0.15) is 41.1 Å². The largest absolute Gasteiger partial charge is 0.372 e. The number of rotatable bonds is 2. The molecule has 24 heavy (non-hydrogen) atoms. The van der Waals surface area contributed by atoms with Crippen molar-refractivity contribution >= 4 is 5.91 Å². The van der Waals surface area contributed by atoms with Gasteiger partial charge in [-0.25, -0.2) is 0 Å². The lowest BCUT2D eigenvalue weighted by molar-refractivity contribution is -0.0447. The monoisotopic (exact) mass is 325 g/mol. The molecule has 4 rings (SSSR count). The molecule has 126 valence electrons. The van der Waals surface area contributed by atoms with Crippen LogP contribution in [0.25, 0.3) is 0 Å². The first-order chi connectivity index (χ1) is 11.7. The number of ether oxygens (including phenoxy) is 1. The van der Waals surface area contributed by atoms with E-state index in [0.717, 1.165) is 38.0 Å². The number of carbonyl (C=O) groups is 1. The molecule has 2 aromatic rings. The van der Waals surface area contributed by atoms with Crippen LogP contribution in [0.2, 0.25) is 0 Å². The zero-order valence-corrected chi connectivity index (χ0v) is 14.0. The Hall–Kier alpha value is -2.14. The van der Waals surface area contributed by atoms with Crippen molar-refractivity contribution in [3.05, 3.63) is 53.9 Å². The number of nitrogens with zero attached hydrogens (tertiary/aromatic N) is 3. The Bertz CT molecular complexity index is 727. The summed E-state index contributed by atoms with van der Waals surface area (Å²) < 4.78 is 8.08. The van der Waals surface area contributed by atoms with Gasteiger partial charge in [-0.3, -0.25) is 9.48 Å². The highest BCUT2D eigenvalue weighted by molar-refractivity contribution is 5.94. The normalized spacial score (nSPS) is 26.9. The van der Waals surface area contributed by atoms with E-state index >= 15 is 0 Å². The molecule has 3 heterocycles. The van der Waals surface area contributed by atoms with E-state index in [0.29, 0.717) is 12.5 Å². The van der Waals surface area contributed by atoms with E-state index in [-0.39, 0.29) is 11.5 Å². The van der Waals surface area contributed by atoms with Crippen LogP contribution in [-0.4, -0.2) is 45.9 Å². The molecule has 2 aliphatic rings. The summed E-state index contributed by atoms with van der Waals surface area (Å²) in [6.07, 6.45) is 7.00. The summed E-state index contributed by atoms with van der Waals surface area (Å²) >= 11 is 0. The molecule has 1 aromatic carbocycles. The first kappa shape index (κ1) is 15.4. The van der Waals surface area contributed by atoms with E-state index in [1.165, 1.54) is 5.56 Å². The third kappa shape index (κ3) is 2.84. The zero-order valence-electron chi connectivity index (χ0n) is 14.0. The number of carbonyl (C=O) groups excluding carboxylic acids is 1. The fourth-order valence-corrected chi connectivity index (χ4v) is 4.03. The topological polar surface area (TPSA) is 47.4 Å². The first-order valence-electron chi connectivity index (χ1n) is 8.62. The lowest BCUT2D eigenvalue weighted by Crippen LogP contribution is -2.50. The summed E-state index contributed by atoms with van der Waals surface area (Å²) in [6, 6.07) is 9.54. The summed E-state index contributed by atoms with van der Waals surface area (Å²) in [5, 5.41) is 4.27. The van der Waals surface area contributed by atoms with Gasteiger partial charge in [-0.2, -0.15) is 5.10 Å². The smallest absolute Gasteiger partial charge is 0.253 e. The predicted molar refractivity (Wildman–Crippen MR) is 90.8 cm³/mol. The molecule has 5 nitrogen and oxygen atoms in total. The average molecular weight is 325 g/mol. The van der Waals surface area contributed by atoms with E-state index in [1.54, 1.807) is 0 Å². The second-order valence-corrected chi connectivity index (χ2v) is 7.04. The molecule has 0 bridgehead atoms. The highest BCUT2D eigenvalue weighted by Gasteiger charge is 2.45. The lowest BCUT2D eigenvalue weighted by atomic mass is 9.84. The van der Waals surface area contributed by atoms with Crippen molar-refractivity contribution in [2.45, 2.75) is 30.8 Å². The summed E-state index contributed by atoms with van der Waals surface area (Å²) in [7, 11) is 1.94. The molecule has 1 spiro atoms. The molecule has 0 radical (unpaired) electrons. The molecule has 2 atom stereocenters.